The first-order valence-electron chi connectivity index (χ1n) is 17.2. The number of nitrogens with zero attached hydrogens (tertiary/aromatic N) is 4. The second kappa shape index (κ2) is 15.4. The third-order valence-corrected chi connectivity index (χ3v) is 12.8. The summed E-state index contributed by atoms with van der Waals surface area (Å²) in [7, 11) is -2.85. The quantitative estimate of drug-likeness (QED) is 0.108. The SMILES string of the molecule is CCOC(=O)c1cc2cc([Si](C)(C)C)ccc2n1Cc1ccncc1.CCOC(=O)c1cc2ccc([Si](C)(C)C)cc2n1Cc1ccncc1. The fraction of sp³-hybridized carbons (Fsp3) is 0.300. The Morgan fingerprint density at radius 1 is 0.560 bits per heavy atom. The minimum absolute atomic E-state index is 0.276. The van der Waals surface area contributed by atoms with Crippen LogP contribution in [-0.4, -0.2) is 60.4 Å². The zero-order chi connectivity index (χ0) is 36.1. The second-order valence-electron chi connectivity index (χ2n) is 14.4. The van der Waals surface area contributed by atoms with Crippen LogP contribution in [0.5, 0.6) is 0 Å². The third kappa shape index (κ3) is 8.49. The summed E-state index contributed by atoms with van der Waals surface area (Å²) in [4.78, 5) is 33.1. The van der Waals surface area contributed by atoms with Crippen molar-refractivity contribution in [3.05, 3.63) is 120 Å². The van der Waals surface area contributed by atoms with Crippen LogP contribution in [0.25, 0.3) is 21.8 Å². The minimum atomic E-state index is -1.44. The Bertz CT molecular complexity index is 2080. The fourth-order valence-corrected chi connectivity index (χ4v) is 8.21. The second-order valence-corrected chi connectivity index (χ2v) is 24.6. The Balaban J connectivity index is 0.000000194. The van der Waals surface area contributed by atoms with Crippen molar-refractivity contribution >= 4 is 60.3 Å². The lowest BCUT2D eigenvalue weighted by Crippen LogP contribution is -2.37. The van der Waals surface area contributed by atoms with E-state index in [1.807, 2.05) is 54.8 Å². The average molecular weight is 705 g/mol. The molecule has 0 aliphatic rings. The van der Waals surface area contributed by atoms with Crippen molar-refractivity contribution in [2.45, 2.75) is 66.2 Å². The number of hydrogen-bond acceptors (Lipinski definition) is 6. The predicted octanol–water partition coefficient (Wildman–Crippen LogP) is 7.61. The van der Waals surface area contributed by atoms with Crippen molar-refractivity contribution in [1.82, 2.24) is 19.1 Å². The summed E-state index contributed by atoms with van der Waals surface area (Å²) in [5.41, 5.74) is 5.55. The molecule has 0 unspecified atom stereocenters. The number of hydrogen-bond donors (Lipinski definition) is 0. The molecular formula is C40H48N4O4Si2. The van der Waals surface area contributed by atoms with Gasteiger partial charge in [0.15, 0.2) is 0 Å². The van der Waals surface area contributed by atoms with Crippen molar-refractivity contribution in [3.63, 3.8) is 0 Å². The average Bonchev–Trinajstić information content (AvgIpc) is 3.63. The Morgan fingerprint density at radius 2 is 1.00 bits per heavy atom. The highest BCUT2D eigenvalue weighted by molar-refractivity contribution is 6.89. The van der Waals surface area contributed by atoms with E-state index < -0.39 is 16.1 Å². The molecule has 0 atom stereocenters. The molecular weight excluding hydrogens is 657 g/mol. The molecule has 0 spiro atoms. The van der Waals surface area contributed by atoms with Gasteiger partial charge in [-0.05, 0) is 73.5 Å². The summed E-state index contributed by atoms with van der Waals surface area (Å²) in [5, 5.41) is 4.93. The Kier molecular flexibility index (Phi) is 11.2. The zero-order valence-electron chi connectivity index (χ0n) is 30.5. The molecule has 260 valence electrons. The maximum atomic E-state index is 12.5. The van der Waals surface area contributed by atoms with Crippen LogP contribution >= 0.6 is 0 Å². The molecule has 0 saturated heterocycles. The van der Waals surface area contributed by atoms with Crippen LogP contribution < -0.4 is 10.4 Å². The molecule has 0 saturated carbocycles. The lowest BCUT2D eigenvalue weighted by atomic mass is 10.2. The van der Waals surface area contributed by atoms with Crippen LogP contribution in [0.2, 0.25) is 39.3 Å². The molecule has 0 fully saturated rings. The molecule has 10 heteroatoms. The topological polar surface area (TPSA) is 88.2 Å². The van der Waals surface area contributed by atoms with Gasteiger partial charge >= 0.3 is 11.9 Å². The third-order valence-electron chi connectivity index (χ3n) is 8.69. The van der Waals surface area contributed by atoms with Gasteiger partial charge < -0.3 is 18.6 Å². The first-order chi connectivity index (χ1) is 23.8. The van der Waals surface area contributed by atoms with E-state index in [0.29, 0.717) is 37.7 Å². The molecule has 6 rings (SSSR count). The molecule has 8 nitrogen and oxygen atoms in total. The van der Waals surface area contributed by atoms with E-state index in [1.54, 1.807) is 24.8 Å². The number of esters is 2. The smallest absolute Gasteiger partial charge is 0.354 e. The maximum Gasteiger partial charge on any atom is 0.354 e. The van der Waals surface area contributed by atoms with E-state index in [9.17, 15) is 9.59 Å². The van der Waals surface area contributed by atoms with Gasteiger partial charge in [0.2, 0.25) is 0 Å². The van der Waals surface area contributed by atoms with E-state index >= 15 is 0 Å². The van der Waals surface area contributed by atoms with Gasteiger partial charge in [-0.2, -0.15) is 0 Å². The molecule has 0 radical (unpaired) electrons. The van der Waals surface area contributed by atoms with Gasteiger partial charge in [-0.3, -0.25) is 9.97 Å². The van der Waals surface area contributed by atoms with Gasteiger partial charge in [0.1, 0.15) is 11.4 Å². The van der Waals surface area contributed by atoms with Crippen molar-refractivity contribution in [2.24, 2.45) is 0 Å². The molecule has 0 aliphatic heterocycles. The van der Waals surface area contributed by atoms with Gasteiger partial charge in [-0.1, -0.05) is 73.9 Å². The molecule has 2 aromatic carbocycles. The predicted molar refractivity (Wildman–Crippen MR) is 208 cm³/mol. The van der Waals surface area contributed by atoms with Gasteiger partial charge in [-0.25, -0.2) is 9.59 Å². The summed E-state index contributed by atoms with van der Waals surface area (Å²) in [6.45, 7) is 19.6. The highest BCUT2D eigenvalue weighted by Gasteiger charge is 2.22. The van der Waals surface area contributed by atoms with Crippen LogP contribution in [0.15, 0.2) is 97.6 Å². The number of carbonyl (C=O) groups excluding carboxylic acids is 2. The fourth-order valence-electron chi connectivity index (χ4n) is 5.89. The number of rotatable bonds is 10. The summed E-state index contributed by atoms with van der Waals surface area (Å²) in [5.74, 6) is -0.551. The van der Waals surface area contributed by atoms with Crippen LogP contribution in [0.4, 0.5) is 0 Å². The van der Waals surface area contributed by atoms with Crippen molar-refractivity contribution in [3.8, 4) is 0 Å². The summed E-state index contributed by atoms with van der Waals surface area (Å²) >= 11 is 0. The molecule has 0 bridgehead atoms. The number of ether oxygens (including phenoxy) is 2. The maximum absolute atomic E-state index is 12.5. The van der Waals surface area contributed by atoms with Crippen LogP contribution in [0.3, 0.4) is 0 Å². The van der Waals surface area contributed by atoms with Crippen LogP contribution in [0.1, 0.15) is 46.0 Å². The highest BCUT2D eigenvalue weighted by Crippen LogP contribution is 2.24. The molecule has 0 N–H and O–H groups in total. The number of pyridine rings is 2. The van der Waals surface area contributed by atoms with Gasteiger partial charge in [0.25, 0.3) is 0 Å². The Hall–Kier alpha value is -4.81. The largest absolute Gasteiger partial charge is 0.461 e. The number of aromatic nitrogens is 4. The molecule has 50 heavy (non-hydrogen) atoms. The number of benzene rings is 2. The van der Waals surface area contributed by atoms with E-state index in [1.165, 1.54) is 10.4 Å². The molecule has 0 aliphatic carbocycles. The molecule has 0 amide bonds. The lowest BCUT2D eigenvalue weighted by Gasteiger charge is -2.17. The van der Waals surface area contributed by atoms with Crippen molar-refractivity contribution in [2.75, 3.05) is 13.2 Å². The molecule has 4 aromatic heterocycles. The number of fused-ring (bicyclic) bond motifs is 2. The van der Waals surface area contributed by atoms with E-state index in [2.05, 4.69) is 90.2 Å². The standard InChI is InChI=1S/2C20H24N2O2Si/c1-5-24-20(23)19-13-16-12-17(25(2,3)4)6-7-18(16)22(19)14-15-8-10-21-11-9-15;1-5-24-20(23)19-12-16-6-7-17(25(2,3)4)13-18(16)22(19)14-15-8-10-21-11-9-15/h2*6-13H,5,14H2,1-4H3. The first-order valence-corrected chi connectivity index (χ1v) is 24.2. The zero-order valence-corrected chi connectivity index (χ0v) is 32.5. The molecule has 4 heterocycles. The summed E-state index contributed by atoms with van der Waals surface area (Å²) < 4.78 is 14.6. The Labute approximate surface area is 297 Å². The van der Waals surface area contributed by atoms with Crippen molar-refractivity contribution in [1.29, 1.82) is 0 Å². The van der Waals surface area contributed by atoms with E-state index in [-0.39, 0.29) is 11.9 Å². The Morgan fingerprint density at radius 3 is 1.48 bits per heavy atom. The van der Waals surface area contributed by atoms with E-state index in [0.717, 1.165) is 32.9 Å². The summed E-state index contributed by atoms with van der Waals surface area (Å²) in [6, 6.07) is 24.9. The normalized spacial score (nSPS) is 11.7. The van der Waals surface area contributed by atoms with Crippen LogP contribution in [0, 0.1) is 0 Å². The lowest BCUT2D eigenvalue weighted by molar-refractivity contribution is 0.0505. The first kappa shape index (κ1) is 36.5. The monoisotopic (exact) mass is 704 g/mol. The van der Waals surface area contributed by atoms with E-state index in [4.69, 9.17) is 9.47 Å². The minimum Gasteiger partial charge on any atom is -0.461 e. The number of carbonyl (C=O) groups is 2. The summed E-state index contributed by atoms with van der Waals surface area (Å²) in [6.07, 6.45) is 7.10. The van der Waals surface area contributed by atoms with Gasteiger partial charge in [0.05, 0.1) is 29.4 Å². The highest BCUT2D eigenvalue weighted by atomic mass is 28.3. The van der Waals surface area contributed by atoms with Crippen LogP contribution in [-0.2, 0) is 22.6 Å². The molecule has 6 aromatic rings. The van der Waals surface area contributed by atoms with Gasteiger partial charge in [-0.15, -0.1) is 0 Å². The van der Waals surface area contributed by atoms with Gasteiger partial charge in [0, 0.05) is 59.7 Å². The van der Waals surface area contributed by atoms with Crippen molar-refractivity contribution < 1.29 is 19.1 Å².